The number of carbonyl (C=O) groups excluding carboxylic acids is 3. The predicted molar refractivity (Wildman–Crippen MR) is 120 cm³/mol. The maximum atomic E-state index is 12.8. The molecule has 2 aliphatic heterocycles. The molecule has 0 spiro atoms. The van der Waals surface area contributed by atoms with Gasteiger partial charge in [0.05, 0.1) is 12.0 Å². The van der Waals surface area contributed by atoms with Gasteiger partial charge in [0.25, 0.3) is 5.91 Å². The van der Waals surface area contributed by atoms with Gasteiger partial charge in [-0.2, -0.15) is 0 Å². The lowest BCUT2D eigenvalue weighted by atomic mass is 10.0. The summed E-state index contributed by atoms with van der Waals surface area (Å²) in [4.78, 5) is 41.6. The lowest BCUT2D eigenvalue weighted by Crippen LogP contribution is -2.48. The summed E-state index contributed by atoms with van der Waals surface area (Å²) >= 11 is 0. The Hall–Kier alpha value is -3.35. The van der Waals surface area contributed by atoms with E-state index in [1.807, 2.05) is 37.3 Å². The average molecular weight is 436 g/mol. The van der Waals surface area contributed by atoms with Gasteiger partial charge in [-0.15, -0.1) is 0 Å². The summed E-state index contributed by atoms with van der Waals surface area (Å²) in [5.41, 5.74) is 1.52. The largest absolute Gasteiger partial charge is 0.508 e. The van der Waals surface area contributed by atoms with Crippen LogP contribution in [0.5, 0.6) is 5.75 Å². The summed E-state index contributed by atoms with van der Waals surface area (Å²) < 4.78 is 0. The molecule has 2 N–H and O–H groups in total. The minimum Gasteiger partial charge on any atom is -0.508 e. The van der Waals surface area contributed by atoms with Gasteiger partial charge in [0.1, 0.15) is 5.75 Å². The molecule has 168 valence electrons. The molecule has 32 heavy (non-hydrogen) atoms. The smallest absolute Gasteiger partial charge is 0.253 e. The molecule has 7 nitrogen and oxygen atoms in total. The summed E-state index contributed by atoms with van der Waals surface area (Å²) in [5.74, 6) is -0.468. The van der Waals surface area contributed by atoms with Crippen LogP contribution < -0.4 is 5.32 Å². The molecule has 2 aliphatic rings. The first-order valence-corrected chi connectivity index (χ1v) is 11.2. The number of likely N-dealkylation sites (tertiary alicyclic amines) is 2. The number of piperidine rings is 1. The zero-order chi connectivity index (χ0) is 22.7. The number of benzene rings is 2. The lowest BCUT2D eigenvalue weighted by molar-refractivity contribution is -0.130. The monoisotopic (exact) mass is 435 g/mol. The number of aromatic hydroxyl groups is 1. The molecule has 0 saturated carbocycles. The van der Waals surface area contributed by atoms with Gasteiger partial charge >= 0.3 is 0 Å². The zero-order valence-corrected chi connectivity index (χ0v) is 18.2. The van der Waals surface area contributed by atoms with Crippen LogP contribution in [0.15, 0.2) is 54.6 Å². The Labute approximate surface area is 188 Å². The summed E-state index contributed by atoms with van der Waals surface area (Å²) in [6, 6.07) is 16.1. The molecule has 0 aliphatic carbocycles. The summed E-state index contributed by atoms with van der Waals surface area (Å²) in [6.07, 6.45) is 1.57. The number of phenolic OH excluding ortho intramolecular Hbond substituents is 1. The minimum absolute atomic E-state index is 0.00744. The number of nitrogens with one attached hydrogen (secondary N) is 1. The topological polar surface area (TPSA) is 90.0 Å². The van der Waals surface area contributed by atoms with E-state index in [-0.39, 0.29) is 47.9 Å². The molecule has 7 heteroatoms. The van der Waals surface area contributed by atoms with E-state index in [1.54, 1.807) is 21.9 Å². The molecule has 2 saturated heterocycles. The molecule has 2 aromatic rings. The molecule has 2 aromatic carbocycles. The number of hydrogen-bond donors (Lipinski definition) is 2. The molecule has 0 aromatic heterocycles. The number of hydrogen-bond acceptors (Lipinski definition) is 4. The van der Waals surface area contributed by atoms with Crippen LogP contribution in [0, 0.1) is 5.92 Å². The van der Waals surface area contributed by atoms with Gasteiger partial charge in [0, 0.05) is 37.7 Å². The molecule has 0 bridgehead atoms. The van der Waals surface area contributed by atoms with Crippen molar-refractivity contribution in [2.24, 2.45) is 5.92 Å². The van der Waals surface area contributed by atoms with Gasteiger partial charge in [0.2, 0.25) is 11.8 Å². The minimum atomic E-state index is -0.347. The van der Waals surface area contributed by atoms with Crippen LogP contribution in [0.25, 0.3) is 0 Å². The standard InChI is InChI=1S/C25H29N3O4/c1-17(18-6-3-2-4-7-18)28-16-20(15-23(28)30)24(31)26-21-10-12-27(13-11-21)25(32)19-8-5-9-22(29)14-19/h2-9,14,17,20-21,29H,10-13,15-16H2,1H3,(H,26,31). The Morgan fingerprint density at radius 2 is 1.78 bits per heavy atom. The highest BCUT2D eigenvalue weighted by Gasteiger charge is 2.38. The first-order chi connectivity index (χ1) is 15.4. The van der Waals surface area contributed by atoms with E-state index >= 15 is 0 Å². The van der Waals surface area contributed by atoms with Gasteiger partial charge in [0.15, 0.2) is 0 Å². The van der Waals surface area contributed by atoms with Crippen molar-refractivity contribution in [3.05, 3.63) is 65.7 Å². The number of carbonyl (C=O) groups is 3. The fraction of sp³-hybridized carbons (Fsp3) is 0.400. The van der Waals surface area contributed by atoms with E-state index in [0.717, 1.165) is 5.56 Å². The van der Waals surface area contributed by atoms with Crippen molar-refractivity contribution in [1.29, 1.82) is 0 Å². The first-order valence-electron chi connectivity index (χ1n) is 11.2. The second-order valence-electron chi connectivity index (χ2n) is 8.66. The number of nitrogens with zero attached hydrogens (tertiary/aromatic N) is 2. The van der Waals surface area contributed by atoms with Gasteiger partial charge < -0.3 is 20.2 Å². The number of amides is 3. The molecule has 2 atom stereocenters. The third-order valence-electron chi connectivity index (χ3n) is 6.50. The van der Waals surface area contributed by atoms with Crippen LogP contribution in [-0.4, -0.2) is 58.3 Å². The zero-order valence-electron chi connectivity index (χ0n) is 18.2. The van der Waals surface area contributed by atoms with Crippen LogP contribution in [-0.2, 0) is 9.59 Å². The van der Waals surface area contributed by atoms with Gasteiger partial charge in [-0.1, -0.05) is 36.4 Å². The SMILES string of the molecule is CC(c1ccccc1)N1CC(C(=O)NC2CCN(C(=O)c3cccc(O)c3)CC2)CC1=O. The third-order valence-corrected chi connectivity index (χ3v) is 6.50. The fourth-order valence-electron chi connectivity index (χ4n) is 4.56. The van der Waals surface area contributed by atoms with Crippen molar-refractivity contribution >= 4 is 17.7 Å². The van der Waals surface area contributed by atoms with Crippen LogP contribution in [0.1, 0.15) is 48.1 Å². The molecule has 0 radical (unpaired) electrons. The Morgan fingerprint density at radius 1 is 1.06 bits per heavy atom. The maximum Gasteiger partial charge on any atom is 0.253 e. The quantitative estimate of drug-likeness (QED) is 0.756. The average Bonchev–Trinajstić information content (AvgIpc) is 3.21. The highest BCUT2D eigenvalue weighted by molar-refractivity contribution is 5.94. The van der Waals surface area contributed by atoms with Crippen molar-refractivity contribution < 1.29 is 19.5 Å². The van der Waals surface area contributed by atoms with Gasteiger partial charge in [-0.05, 0) is 43.5 Å². The van der Waals surface area contributed by atoms with Crippen LogP contribution in [0.3, 0.4) is 0 Å². The van der Waals surface area contributed by atoms with E-state index in [4.69, 9.17) is 0 Å². The molecule has 3 amide bonds. The van der Waals surface area contributed by atoms with Crippen molar-refractivity contribution in [2.75, 3.05) is 19.6 Å². The van der Waals surface area contributed by atoms with Gasteiger partial charge in [-0.3, -0.25) is 14.4 Å². The van der Waals surface area contributed by atoms with E-state index in [9.17, 15) is 19.5 Å². The van der Waals surface area contributed by atoms with E-state index in [1.165, 1.54) is 12.1 Å². The van der Waals surface area contributed by atoms with Crippen molar-refractivity contribution in [2.45, 2.75) is 38.3 Å². The molecule has 2 fully saturated rings. The van der Waals surface area contributed by atoms with E-state index < -0.39 is 0 Å². The highest BCUT2D eigenvalue weighted by Crippen LogP contribution is 2.29. The van der Waals surface area contributed by atoms with Crippen LogP contribution >= 0.6 is 0 Å². The summed E-state index contributed by atoms with van der Waals surface area (Å²) in [5, 5.41) is 12.7. The number of rotatable bonds is 5. The molecular formula is C25H29N3O4. The highest BCUT2D eigenvalue weighted by atomic mass is 16.3. The first kappa shape index (κ1) is 21.9. The molecular weight excluding hydrogens is 406 g/mol. The van der Waals surface area contributed by atoms with Crippen molar-refractivity contribution in [1.82, 2.24) is 15.1 Å². The Balaban J connectivity index is 1.28. The second kappa shape index (κ2) is 9.42. The summed E-state index contributed by atoms with van der Waals surface area (Å²) in [6.45, 7) is 3.50. The maximum absolute atomic E-state index is 12.8. The third kappa shape index (κ3) is 4.77. The molecule has 2 unspecified atom stereocenters. The summed E-state index contributed by atoms with van der Waals surface area (Å²) in [7, 11) is 0. The van der Waals surface area contributed by atoms with Crippen LogP contribution in [0.4, 0.5) is 0 Å². The van der Waals surface area contributed by atoms with E-state index in [0.29, 0.717) is 38.0 Å². The normalized spacial score (nSPS) is 20.3. The van der Waals surface area contributed by atoms with Crippen molar-refractivity contribution in [3.63, 3.8) is 0 Å². The Morgan fingerprint density at radius 3 is 2.47 bits per heavy atom. The Bertz CT molecular complexity index is 986. The molecule has 4 rings (SSSR count). The van der Waals surface area contributed by atoms with E-state index in [2.05, 4.69) is 5.32 Å². The van der Waals surface area contributed by atoms with Gasteiger partial charge in [-0.25, -0.2) is 0 Å². The number of phenols is 1. The lowest BCUT2D eigenvalue weighted by Gasteiger charge is -2.33. The molecule has 2 heterocycles. The Kier molecular flexibility index (Phi) is 6.44. The van der Waals surface area contributed by atoms with Crippen molar-refractivity contribution in [3.8, 4) is 5.75 Å². The second-order valence-corrected chi connectivity index (χ2v) is 8.66. The fourth-order valence-corrected chi connectivity index (χ4v) is 4.56. The predicted octanol–water partition coefficient (Wildman–Crippen LogP) is 2.72. The van der Waals surface area contributed by atoms with Crippen LogP contribution in [0.2, 0.25) is 0 Å².